The summed E-state index contributed by atoms with van der Waals surface area (Å²) in [4.78, 5) is 0.519. The maximum Gasteiger partial charge on any atom is 0.119 e. The lowest BCUT2D eigenvalue weighted by Gasteiger charge is -2.08. The second kappa shape index (κ2) is 5.71. The zero-order chi connectivity index (χ0) is 11.3. The average Bonchev–Trinajstić information content (AvgIpc) is 2.16. The van der Waals surface area contributed by atoms with Crippen LogP contribution in [0.4, 0.5) is 0 Å². The van der Waals surface area contributed by atoms with Crippen molar-refractivity contribution >= 4 is 17.2 Å². The van der Waals surface area contributed by atoms with Crippen molar-refractivity contribution in [3.8, 4) is 5.75 Å². The highest BCUT2D eigenvalue weighted by Crippen LogP contribution is 2.13. The Morgan fingerprint density at radius 2 is 1.93 bits per heavy atom. The van der Waals surface area contributed by atoms with Crippen molar-refractivity contribution in [1.82, 2.24) is 0 Å². The Morgan fingerprint density at radius 1 is 1.33 bits per heavy atom. The molecule has 82 valence electrons. The Kier molecular flexibility index (Phi) is 4.56. The summed E-state index contributed by atoms with van der Waals surface area (Å²) in [5.74, 6) is 1.44. The van der Waals surface area contributed by atoms with Crippen LogP contribution in [0.15, 0.2) is 24.3 Å². The normalized spacial score (nSPS) is 10.3. The van der Waals surface area contributed by atoms with Gasteiger partial charge in [0.25, 0.3) is 0 Å². The largest absolute Gasteiger partial charge is 0.493 e. The number of benzene rings is 1. The summed E-state index contributed by atoms with van der Waals surface area (Å²) in [5.41, 5.74) is 6.59. The average molecular weight is 223 g/mol. The predicted octanol–water partition coefficient (Wildman–Crippen LogP) is 2.55. The monoisotopic (exact) mass is 223 g/mol. The molecule has 0 saturated carbocycles. The summed E-state index contributed by atoms with van der Waals surface area (Å²) in [6.07, 6.45) is 0.653. The molecule has 0 aliphatic carbocycles. The van der Waals surface area contributed by atoms with E-state index < -0.39 is 0 Å². The summed E-state index contributed by atoms with van der Waals surface area (Å²) in [6.45, 7) is 5.00. The molecule has 0 aliphatic rings. The molecule has 3 heteroatoms. The van der Waals surface area contributed by atoms with Crippen LogP contribution in [0.3, 0.4) is 0 Å². The molecule has 0 radical (unpaired) electrons. The molecule has 0 aromatic heterocycles. The Labute approximate surface area is 96.4 Å². The van der Waals surface area contributed by atoms with E-state index in [1.165, 1.54) is 0 Å². The van der Waals surface area contributed by atoms with Crippen molar-refractivity contribution < 1.29 is 4.74 Å². The highest BCUT2D eigenvalue weighted by molar-refractivity contribution is 7.80. The standard InChI is InChI=1S/C12H17NOS/c1-9(2)8-14-11-5-3-10(4-6-11)7-12(13)15/h3-6,9H,7-8H2,1-2H3,(H2,13,15). The Bertz CT molecular complexity index is 319. The van der Waals surface area contributed by atoms with Crippen LogP contribution < -0.4 is 10.5 Å². The molecule has 0 amide bonds. The molecule has 2 nitrogen and oxygen atoms in total. The van der Waals surface area contributed by atoms with E-state index in [1.54, 1.807) is 0 Å². The third kappa shape index (κ3) is 4.79. The third-order valence-corrected chi connectivity index (χ3v) is 2.03. The van der Waals surface area contributed by atoms with Crippen molar-refractivity contribution in [1.29, 1.82) is 0 Å². The van der Waals surface area contributed by atoms with Crippen LogP contribution >= 0.6 is 12.2 Å². The second-order valence-corrected chi connectivity index (χ2v) is 4.52. The minimum Gasteiger partial charge on any atom is -0.493 e. The molecular weight excluding hydrogens is 206 g/mol. The second-order valence-electron chi connectivity index (χ2n) is 3.99. The van der Waals surface area contributed by atoms with Gasteiger partial charge < -0.3 is 10.5 Å². The molecule has 0 bridgehead atoms. The summed E-state index contributed by atoms with van der Waals surface area (Å²) in [7, 11) is 0. The lowest BCUT2D eigenvalue weighted by atomic mass is 10.1. The van der Waals surface area contributed by atoms with Crippen molar-refractivity contribution in [2.75, 3.05) is 6.61 Å². The fourth-order valence-corrected chi connectivity index (χ4v) is 1.33. The molecule has 0 unspecified atom stereocenters. The van der Waals surface area contributed by atoms with Gasteiger partial charge in [0.1, 0.15) is 5.75 Å². The molecule has 0 aliphatic heterocycles. The van der Waals surface area contributed by atoms with Crippen LogP contribution in [-0.4, -0.2) is 11.6 Å². The molecule has 0 atom stereocenters. The van der Waals surface area contributed by atoms with Crippen LogP contribution in [-0.2, 0) is 6.42 Å². The van der Waals surface area contributed by atoms with Gasteiger partial charge in [0, 0.05) is 6.42 Å². The number of rotatable bonds is 5. The molecule has 1 aromatic carbocycles. The molecular formula is C12H17NOS. The summed E-state index contributed by atoms with van der Waals surface area (Å²) >= 11 is 4.84. The third-order valence-electron chi connectivity index (χ3n) is 1.89. The van der Waals surface area contributed by atoms with Gasteiger partial charge in [-0.2, -0.15) is 0 Å². The van der Waals surface area contributed by atoms with Crippen molar-refractivity contribution in [3.05, 3.63) is 29.8 Å². The summed E-state index contributed by atoms with van der Waals surface area (Å²) in [5, 5.41) is 0. The molecule has 2 N–H and O–H groups in total. The van der Waals surface area contributed by atoms with Crippen LogP contribution in [0.2, 0.25) is 0 Å². The summed E-state index contributed by atoms with van der Waals surface area (Å²) < 4.78 is 5.56. The minimum absolute atomic E-state index is 0.519. The van der Waals surface area contributed by atoms with Crippen molar-refractivity contribution in [2.24, 2.45) is 11.7 Å². The van der Waals surface area contributed by atoms with Crippen molar-refractivity contribution in [2.45, 2.75) is 20.3 Å². The first-order valence-electron chi connectivity index (χ1n) is 5.08. The van der Waals surface area contributed by atoms with Crippen LogP contribution in [0.5, 0.6) is 5.75 Å². The van der Waals surface area contributed by atoms with E-state index in [-0.39, 0.29) is 0 Å². The number of ether oxygens (including phenoxy) is 1. The van der Waals surface area contributed by atoms with E-state index in [4.69, 9.17) is 22.7 Å². The molecule has 1 rings (SSSR count). The van der Waals surface area contributed by atoms with Gasteiger partial charge in [-0.15, -0.1) is 0 Å². The zero-order valence-corrected chi connectivity index (χ0v) is 10.0. The lowest BCUT2D eigenvalue weighted by molar-refractivity contribution is 0.271. The lowest BCUT2D eigenvalue weighted by Crippen LogP contribution is -2.11. The fraction of sp³-hybridized carbons (Fsp3) is 0.417. The molecule has 0 fully saturated rings. The van der Waals surface area contributed by atoms with E-state index in [0.29, 0.717) is 17.3 Å². The maximum absolute atomic E-state index is 5.56. The number of hydrogen-bond donors (Lipinski definition) is 1. The maximum atomic E-state index is 5.56. The molecule has 1 aromatic rings. The quantitative estimate of drug-likeness (QED) is 0.779. The Hall–Kier alpha value is -1.09. The number of hydrogen-bond acceptors (Lipinski definition) is 2. The SMILES string of the molecule is CC(C)COc1ccc(CC(N)=S)cc1. The van der Waals surface area contributed by atoms with E-state index in [1.807, 2.05) is 24.3 Å². The van der Waals surface area contributed by atoms with E-state index in [0.717, 1.165) is 17.9 Å². The fourth-order valence-electron chi connectivity index (χ4n) is 1.17. The van der Waals surface area contributed by atoms with Gasteiger partial charge in [-0.25, -0.2) is 0 Å². The molecule has 0 heterocycles. The van der Waals surface area contributed by atoms with E-state index in [9.17, 15) is 0 Å². The summed E-state index contributed by atoms with van der Waals surface area (Å²) in [6, 6.07) is 7.90. The topological polar surface area (TPSA) is 35.2 Å². The van der Waals surface area contributed by atoms with Gasteiger partial charge in [-0.3, -0.25) is 0 Å². The first-order valence-corrected chi connectivity index (χ1v) is 5.49. The van der Waals surface area contributed by atoms with Crippen LogP contribution in [0.25, 0.3) is 0 Å². The van der Waals surface area contributed by atoms with Crippen molar-refractivity contribution in [3.63, 3.8) is 0 Å². The van der Waals surface area contributed by atoms with Gasteiger partial charge >= 0.3 is 0 Å². The van der Waals surface area contributed by atoms with Gasteiger partial charge in [-0.1, -0.05) is 38.2 Å². The Balaban J connectivity index is 2.52. The highest BCUT2D eigenvalue weighted by Gasteiger charge is 1.98. The molecule has 15 heavy (non-hydrogen) atoms. The van der Waals surface area contributed by atoms with E-state index in [2.05, 4.69) is 13.8 Å². The van der Waals surface area contributed by atoms with Crippen LogP contribution in [0.1, 0.15) is 19.4 Å². The van der Waals surface area contributed by atoms with Gasteiger partial charge in [0.2, 0.25) is 0 Å². The van der Waals surface area contributed by atoms with E-state index >= 15 is 0 Å². The smallest absolute Gasteiger partial charge is 0.119 e. The predicted molar refractivity (Wildman–Crippen MR) is 67.3 cm³/mol. The first kappa shape index (κ1) is 12.0. The van der Waals surface area contributed by atoms with Gasteiger partial charge in [-0.05, 0) is 23.6 Å². The Morgan fingerprint density at radius 3 is 2.40 bits per heavy atom. The minimum atomic E-state index is 0.519. The molecule has 0 spiro atoms. The van der Waals surface area contributed by atoms with Gasteiger partial charge in [0.05, 0.1) is 11.6 Å². The molecule has 0 saturated heterocycles. The number of thiocarbonyl (C=S) groups is 1. The zero-order valence-electron chi connectivity index (χ0n) is 9.19. The van der Waals surface area contributed by atoms with Gasteiger partial charge in [0.15, 0.2) is 0 Å². The highest BCUT2D eigenvalue weighted by atomic mass is 32.1. The van der Waals surface area contributed by atoms with Crippen LogP contribution in [0, 0.1) is 5.92 Å². The first-order chi connectivity index (χ1) is 7.08. The number of nitrogens with two attached hydrogens (primary N) is 1.